The van der Waals surface area contributed by atoms with Gasteiger partial charge in [0, 0.05) is 18.1 Å². The Morgan fingerprint density at radius 3 is 2.43 bits per heavy atom. The van der Waals surface area contributed by atoms with Gasteiger partial charge in [0.15, 0.2) is 0 Å². The maximum Gasteiger partial charge on any atom is 0.240 e. The van der Waals surface area contributed by atoms with E-state index in [1.165, 1.54) is 24.4 Å². The van der Waals surface area contributed by atoms with Crippen molar-refractivity contribution in [2.75, 3.05) is 0 Å². The Kier molecular flexibility index (Phi) is 5.57. The fraction of sp³-hybridized carbons (Fsp3) is 0.176. The van der Waals surface area contributed by atoms with Crippen LogP contribution in [-0.4, -0.2) is 27.4 Å². The Balaban J connectivity index is 1.74. The highest BCUT2D eigenvalue weighted by Crippen LogP contribution is 2.20. The van der Waals surface area contributed by atoms with Crippen molar-refractivity contribution in [2.45, 2.75) is 19.3 Å². The van der Waals surface area contributed by atoms with E-state index < -0.39 is 0 Å². The number of rotatable bonds is 6. The molecule has 0 aliphatic carbocycles. The fourth-order valence-electron chi connectivity index (χ4n) is 1.99. The predicted octanol–water partition coefficient (Wildman–Crippen LogP) is 2.28. The molecule has 0 unspecified atom stereocenters. The van der Waals surface area contributed by atoms with Crippen LogP contribution in [0.5, 0.6) is 17.2 Å². The lowest BCUT2D eigenvalue weighted by Crippen LogP contribution is -2.17. The van der Waals surface area contributed by atoms with Gasteiger partial charge >= 0.3 is 0 Å². The van der Waals surface area contributed by atoms with E-state index in [0.717, 1.165) is 12.0 Å². The van der Waals surface area contributed by atoms with Gasteiger partial charge in [0.25, 0.3) is 0 Å². The topological polar surface area (TPSA) is 102 Å². The van der Waals surface area contributed by atoms with Gasteiger partial charge in [0.2, 0.25) is 5.91 Å². The summed E-state index contributed by atoms with van der Waals surface area (Å²) in [5.74, 6) is -0.162. The summed E-state index contributed by atoms with van der Waals surface area (Å²) in [5.41, 5.74) is 3.83. The average Bonchev–Trinajstić information content (AvgIpc) is 2.51. The number of hydrogen-bond donors (Lipinski definition) is 4. The van der Waals surface area contributed by atoms with Gasteiger partial charge in [-0.25, -0.2) is 5.43 Å². The van der Waals surface area contributed by atoms with Crippen LogP contribution >= 0.6 is 0 Å². The van der Waals surface area contributed by atoms with E-state index in [2.05, 4.69) is 10.5 Å². The molecule has 0 saturated carbocycles. The minimum absolute atomic E-state index is 0.0436. The molecule has 0 spiro atoms. The average molecular weight is 314 g/mol. The first-order valence-corrected chi connectivity index (χ1v) is 7.16. The van der Waals surface area contributed by atoms with E-state index >= 15 is 0 Å². The Bertz CT molecular complexity index is 696. The van der Waals surface area contributed by atoms with Crippen LogP contribution in [0.25, 0.3) is 0 Å². The standard InChI is InChI=1S/C17H18N2O4/c20-14-7-4-12(5-8-14)2-1-3-17(23)19-18-11-13-6-9-15(21)10-16(13)22/h4-11,20-22H,1-3H2,(H,19,23). The van der Waals surface area contributed by atoms with Crippen molar-refractivity contribution < 1.29 is 20.1 Å². The SMILES string of the molecule is O=C(CCCc1ccc(O)cc1)NN=Cc1ccc(O)cc1O. The number of carbonyl (C=O) groups is 1. The molecule has 1 amide bonds. The number of benzene rings is 2. The van der Waals surface area contributed by atoms with Crippen molar-refractivity contribution in [3.8, 4) is 17.2 Å². The number of hydrazone groups is 1. The zero-order valence-electron chi connectivity index (χ0n) is 12.4. The molecule has 0 radical (unpaired) electrons. The molecule has 0 heterocycles. The van der Waals surface area contributed by atoms with Crippen LogP contribution < -0.4 is 5.43 Å². The van der Waals surface area contributed by atoms with E-state index in [1.807, 2.05) is 12.1 Å². The normalized spacial score (nSPS) is 10.8. The van der Waals surface area contributed by atoms with Crippen molar-refractivity contribution in [2.24, 2.45) is 5.10 Å². The monoisotopic (exact) mass is 314 g/mol. The van der Waals surface area contributed by atoms with Crippen LogP contribution in [0.1, 0.15) is 24.0 Å². The molecule has 23 heavy (non-hydrogen) atoms. The summed E-state index contributed by atoms with van der Waals surface area (Å²) in [6, 6.07) is 11.0. The molecular formula is C17H18N2O4. The first-order valence-electron chi connectivity index (χ1n) is 7.16. The van der Waals surface area contributed by atoms with Gasteiger partial charge in [-0.05, 0) is 42.7 Å². The van der Waals surface area contributed by atoms with Crippen LogP contribution in [0.3, 0.4) is 0 Å². The van der Waals surface area contributed by atoms with Crippen molar-refractivity contribution in [3.05, 3.63) is 53.6 Å². The first-order chi connectivity index (χ1) is 11.0. The summed E-state index contributed by atoms with van der Waals surface area (Å²) in [5, 5.41) is 31.7. The number of phenolic OH excluding ortho intramolecular Hbond substituents is 3. The molecule has 2 aromatic carbocycles. The third-order valence-corrected chi connectivity index (χ3v) is 3.21. The highest BCUT2D eigenvalue weighted by atomic mass is 16.3. The quantitative estimate of drug-likeness (QED) is 0.485. The van der Waals surface area contributed by atoms with Gasteiger partial charge in [-0.15, -0.1) is 0 Å². The number of hydrogen-bond acceptors (Lipinski definition) is 5. The molecule has 0 atom stereocenters. The highest BCUT2D eigenvalue weighted by Gasteiger charge is 2.02. The van der Waals surface area contributed by atoms with Crippen molar-refractivity contribution >= 4 is 12.1 Å². The summed E-state index contributed by atoms with van der Waals surface area (Å²) in [6.07, 6.45) is 3.03. The Hall–Kier alpha value is -3.02. The molecule has 2 rings (SSSR count). The zero-order valence-corrected chi connectivity index (χ0v) is 12.4. The Morgan fingerprint density at radius 2 is 1.74 bits per heavy atom. The third kappa shape index (κ3) is 5.35. The largest absolute Gasteiger partial charge is 0.508 e. The molecule has 0 aliphatic rings. The summed E-state index contributed by atoms with van der Waals surface area (Å²) >= 11 is 0. The first kappa shape index (κ1) is 16.4. The molecule has 2 aromatic rings. The van der Waals surface area contributed by atoms with Crippen molar-refractivity contribution in [3.63, 3.8) is 0 Å². The van der Waals surface area contributed by atoms with Crippen LogP contribution in [0, 0.1) is 0 Å². The molecular weight excluding hydrogens is 296 g/mol. The van der Waals surface area contributed by atoms with Gasteiger partial charge < -0.3 is 15.3 Å². The second kappa shape index (κ2) is 7.84. The summed E-state index contributed by atoms with van der Waals surface area (Å²) < 4.78 is 0. The molecule has 0 aliphatic heterocycles. The molecule has 120 valence electrons. The van der Waals surface area contributed by atoms with E-state index in [0.29, 0.717) is 18.4 Å². The summed E-state index contributed by atoms with van der Waals surface area (Å²) in [7, 11) is 0. The van der Waals surface area contributed by atoms with Crippen molar-refractivity contribution in [1.82, 2.24) is 5.43 Å². The molecule has 6 heteroatoms. The molecule has 0 bridgehead atoms. The van der Waals surface area contributed by atoms with E-state index in [9.17, 15) is 15.0 Å². The minimum Gasteiger partial charge on any atom is -0.508 e. The summed E-state index contributed by atoms with van der Waals surface area (Å²) in [4.78, 5) is 11.6. The molecule has 4 N–H and O–H groups in total. The molecule has 0 fully saturated rings. The van der Waals surface area contributed by atoms with E-state index in [-0.39, 0.29) is 23.2 Å². The molecule has 6 nitrogen and oxygen atoms in total. The van der Waals surface area contributed by atoms with Gasteiger partial charge in [-0.3, -0.25) is 4.79 Å². The lowest BCUT2D eigenvalue weighted by molar-refractivity contribution is -0.121. The predicted molar refractivity (Wildman–Crippen MR) is 86.6 cm³/mol. The number of aryl methyl sites for hydroxylation is 1. The number of aromatic hydroxyl groups is 3. The van der Waals surface area contributed by atoms with E-state index in [4.69, 9.17) is 5.11 Å². The number of amides is 1. The van der Waals surface area contributed by atoms with Crippen LogP contribution in [-0.2, 0) is 11.2 Å². The number of carbonyl (C=O) groups excluding carboxylic acids is 1. The van der Waals surface area contributed by atoms with Gasteiger partial charge in [-0.1, -0.05) is 12.1 Å². The Labute approximate surface area is 133 Å². The lowest BCUT2D eigenvalue weighted by atomic mass is 10.1. The highest BCUT2D eigenvalue weighted by molar-refractivity contribution is 5.85. The van der Waals surface area contributed by atoms with Crippen molar-refractivity contribution in [1.29, 1.82) is 0 Å². The Morgan fingerprint density at radius 1 is 1.04 bits per heavy atom. The van der Waals surface area contributed by atoms with E-state index in [1.54, 1.807) is 12.1 Å². The molecule has 0 aromatic heterocycles. The smallest absolute Gasteiger partial charge is 0.240 e. The maximum absolute atomic E-state index is 11.6. The number of nitrogens with one attached hydrogen (secondary N) is 1. The minimum atomic E-state index is -0.224. The third-order valence-electron chi connectivity index (χ3n) is 3.21. The molecule has 0 saturated heterocycles. The number of phenols is 3. The lowest BCUT2D eigenvalue weighted by Gasteiger charge is -2.02. The van der Waals surface area contributed by atoms with Gasteiger partial charge in [0.05, 0.1) is 6.21 Å². The number of nitrogens with zero attached hydrogens (tertiary/aromatic N) is 1. The van der Waals surface area contributed by atoms with Crippen LogP contribution in [0.4, 0.5) is 0 Å². The second-order valence-electron chi connectivity index (χ2n) is 5.06. The van der Waals surface area contributed by atoms with Crippen LogP contribution in [0.15, 0.2) is 47.6 Å². The van der Waals surface area contributed by atoms with Crippen LogP contribution in [0.2, 0.25) is 0 Å². The van der Waals surface area contributed by atoms with Gasteiger partial charge in [-0.2, -0.15) is 5.10 Å². The maximum atomic E-state index is 11.6. The summed E-state index contributed by atoms with van der Waals surface area (Å²) in [6.45, 7) is 0. The fourth-order valence-corrected chi connectivity index (χ4v) is 1.99. The second-order valence-corrected chi connectivity index (χ2v) is 5.06. The zero-order chi connectivity index (χ0) is 16.7. The van der Waals surface area contributed by atoms with Gasteiger partial charge in [0.1, 0.15) is 17.2 Å².